The number of hydrogen-bond donors (Lipinski definition) is 1. The molecule has 1 atom stereocenters. The lowest BCUT2D eigenvalue weighted by atomic mass is 9.94. The molecule has 3 nitrogen and oxygen atoms in total. The van der Waals surface area contributed by atoms with Gasteiger partial charge in [0.25, 0.3) is 5.91 Å². The first-order valence-corrected chi connectivity index (χ1v) is 7.11. The van der Waals surface area contributed by atoms with Gasteiger partial charge in [0.1, 0.15) is 5.69 Å². The van der Waals surface area contributed by atoms with E-state index >= 15 is 0 Å². The fourth-order valence-electron chi connectivity index (χ4n) is 2.40. The standard InChI is InChI=1S/C14H13FN2OS/c15-13-6-2-4-11(16-13)14(18)17-10-3-1-5-12-9(10)7-8-19-12/h2,4,6-8,10H,1,3,5H2,(H,17,18). The molecule has 1 unspecified atom stereocenters. The lowest BCUT2D eigenvalue weighted by Gasteiger charge is -2.23. The summed E-state index contributed by atoms with van der Waals surface area (Å²) in [7, 11) is 0. The van der Waals surface area contributed by atoms with E-state index < -0.39 is 5.95 Å². The Morgan fingerprint density at radius 1 is 1.42 bits per heavy atom. The zero-order chi connectivity index (χ0) is 13.2. The maximum atomic E-state index is 13.0. The van der Waals surface area contributed by atoms with Crippen molar-refractivity contribution in [3.63, 3.8) is 0 Å². The molecule has 2 heterocycles. The smallest absolute Gasteiger partial charge is 0.270 e. The van der Waals surface area contributed by atoms with E-state index in [0.717, 1.165) is 19.3 Å². The Kier molecular flexibility index (Phi) is 3.29. The van der Waals surface area contributed by atoms with Crippen LogP contribution in [-0.4, -0.2) is 10.9 Å². The first-order valence-electron chi connectivity index (χ1n) is 6.24. The van der Waals surface area contributed by atoms with Gasteiger partial charge in [-0.25, -0.2) is 4.98 Å². The second-order valence-corrected chi connectivity index (χ2v) is 5.56. The highest BCUT2D eigenvalue weighted by Crippen LogP contribution is 2.33. The number of fused-ring (bicyclic) bond motifs is 1. The summed E-state index contributed by atoms with van der Waals surface area (Å²) in [5.74, 6) is -0.948. The zero-order valence-corrected chi connectivity index (χ0v) is 11.0. The number of carbonyl (C=O) groups excluding carboxylic acids is 1. The van der Waals surface area contributed by atoms with Gasteiger partial charge in [-0.1, -0.05) is 6.07 Å². The minimum absolute atomic E-state index is 0.0209. The number of halogens is 1. The molecule has 0 fully saturated rings. The van der Waals surface area contributed by atoms with Gasteiger partial charge in [-0.3, -0.25) is 4.79 Å². The lowest BCUT2D eigenvalue weighted by molar-refractivity contribution is 0.0926. The van der Waals surface area contributed by atoms with Crippen LogP contribution in [0.5, 0.6) is 0 Å². The molecule has 5 heteroatoms. The highest BCUT2D eigenvalue weighted by atomic mass is 32.1. The van der Waals surface area contributed by atoms with Crippen LogP contribution < -0.4 is 5.32 Å². The molecule has 3 rings (SSSR count). The molecule has 0 aliphatic heterocycles. The summed E-state index contributed by atoms with van der Waals surface area (Å²) in [5, 5.41) is 4.99. The molecule has 2 aromatic heterocycles. The summed E-state index contributed by atoms with van der Waals surface area (Å²) in [4.78, 5) is 17.0. The van der Waals surface area contributed by atoms with Crippen molar-refractivity contribution in [3.05, 3.63) is 51.7 Å². The Balaban J connectivity index is 1.78. The van der Waals surface area contributed by atoms with Gasteiger partial charge in [0.05, 0.1) is 6.04 Å². The van der Waals surface area contributed by atoms with E-state index in [4.69, 9.17) is 0 Å². The summed E-state index contributed by atoms with van der Waals surface area (Å²) < 4.78 is 13.0. The molecular weight excluding hydrogens is 263 g/mol. The van der Waals surface area contributed by atoms with Gasteiger partial charge in [-0.15, -0.1) is 11.3 Å². The van der Waals surface area contributed by atoms with Crippen LogP contribution in [0.3, 0.4) is 0 Å². The van der Waals surface area contributed by atoms with Crippen molar-refractivity contribution in [1.29, 1.82) is 0 Å². The number of thiophene rings is 1. The quantitative estimate of drug-likeness (QED) is 0.856. The predicted molar refractivity (Wildman–Crippen MR) is 71.7 cm³/mol. The number of aryl methyl sites for hydroxylation is 1. The molecule has 1 aliphatic rings. The molecule has 0 bridgehead atoms. The molecule has 0 aromatic carbocycles. The summed E-state index contributed by atoms with van der Waals surface area (Å²) in [6.45, 7) is 0. The predicted octanol–water partition coefficient (Wildman–Crippen LogP) is 3.09. The van der Waals surface area contributed by atoms with E-state index in [1.54, 1.807) is 11.3 Å². The topological polar surface area (TPSA) is 42.0 Å². The summed E-state index contributed by atoms with van der Waals surface area (Å²) in [6, 6.07) is 6.33. The molecule has 19 heavy (non-hydrogen) atoms. The maximum absolute atomic E-state index is 13.0. The van der Waals surface area contributed by atoms with E-state index in [2.05, 4.69) is 21.7 Å². The van der Waals surface area contributed by atoms with Crippen molar-refractivity contribution in [3.8, 4) is 0 Å². The largest absolute Gasteiger partial charge is 0.344 e. The average molecular weight is 276 g/mol. The second kappa shape index (κ2) is 5.09. The minimum Gasteiger partial charge on any atom is -0.344 e. The van der Waals surface area contributed by atoms with Gasteiger partial charge >= 0.3 is 0 Å². The van der Waals surface area contributed by atoms with E-state index in [-0.39, 0.29) is 17.6 Å². The fraction of sp³-hybridized carbons (Fsp3) is 0.286. The number of aromatic nitrogens is 1. The Bertz CT molecular complexity index is 611. The van der Waals surface area contributed by atoms with Crippen LogP contribution in [0.25, 0.3) is 0 Å². The van der Waals surface area contributed by atoms with Crippen LogP contribution in [0.15, 0.2) is 29.6 Å². The van der Waals surface area contributed by atoms with Crippen molar-refractivity contribution in [2.45, 2.75) is 25.3 Å². The van der Waals surface area contributed by atoms with Crippen LogP contribution in [-0.2, 0) is 6.42 Å². The first-order chi connectivity index (χ1) is 9.24. The molecule has 0 saturated carbocycles. The molecule has 1 N–H and O–H groups in total. The van der Waals surface area contributed by atoms with Crippen molar-refractivity contribution in [1.82, 2.24) is 10.3 Å². The SMILES string of the molecule is O=C(NC1CCCc2sccc21)c1cccc(F)n1. The fourth-order valence-corrected chi connectivity index (χ4v) is 3.39. The molecule has 0 saturated heterocycles. The van der Waals surface area contributed by atoms with Gasteiger partial charge in [-0.05, 0) is 48.4 Å². The van der Waals surface area contributed by atoms with E-state index in [1.807, 2.05) is 0 Å². The monoisotopic (exact) mass is 276 g/mol. The van der Waals surface area contributed by atoms with Crippen molar-refractivity contribution >= 4 is 17.2 Å². The molecule has 2 aromatic rings. The van der Waals surface area contributed by atoms with Crippen molar-refractivity contribution in [2.24, 2.45) is 0 Å². The van der Waals surface area contributed by atoms with Gasteiger partial charge in [0.2, 0.25) is 5.95 Å². The van der Waals surface area contributed by atoms with E-state index in [0.29, 0.717) is 0 Å². The van der Waals surface area contributed by atoms with Crippen LogP contribution in [0.4, 0.5) is 4.39 Å². The Labute approximate surface area is 114 Å². The number of amides is 1. The Hall–Kier alpha value is -1.75. The molecule has 98 valence electrons. The normalized spacial score (nSPS) is 17.8. The zero-order valence-electron chi connectivity index (χ0n) is 10.2. The van der Waals surface area contributed by atoms with Crippen LogP contribution in [0, 0.1) is 5.95 Å². The van der Waals surface area contributed by atoms with E-state index in [1.165, 1.54) is 28.6 Å². The number of pyridine rings is 1. The molecule has 0 radical (unpaired) electrons. The Morgan fingerprint density at radius 2 is 2.32 bits per heavy atom. The highest BCUT2D eigenvalue weighted by molar-refractivity contribution is 7.10. The van der Waals surface area contributed by atoms with Gasteiger partial charge in [0, 0.05) is 4.88 Å². The summed E-state index contributed by atoms with van der Waals surface area (Å²) in [6.07, 6.45) is 3.07. The number of rotatable bonds is 2. The first kappa shape index (κ1) is 12.3. The maximum Gasteiger partial charge on any atom is 0.270 e. The number of nitrogens with one attached hydrogen (secondary N) is 1. The molecule has 1 aliphatic carbocycles. The number of nitrogens with zero attached hydrogens (tertiary/aromatic N) is 1. The third-order valence-corrected chi connectivity index (χ3v) is 4.30. The van der Waals surface area contributed by atoms with E-state index in [9.17, 15) is 9.18 Å². The second-order valence-electron chi connectivity index (χ2n) is 4.56. The van der Waals surface area contributed by atoms with Crippen LogP contribution in [0.2, 0.25) is 0 Å². The van der Waals surface area contributed by atoms with Gasteiger partial charge in [0.15, 0.2) is 0 Å². The average Bonchev–Trinajstić information content (AvgIpc) is 2.88. The number of hydrogen-bond acceptors (Lipinski definition) is 3. The molecular formula is C14H13FN2OS. The van der Waals surface area contributed by atoms with Crippen molar-refractivity contribution in [2.75, 3.05) is 0 Å². The third-order valence-electron chi connectivity index (χ3n) is 3.31. The van der Waals surface area contributed by atoms with Crippen molar-refractivity contribution < 1.29 is 9.18 Å². The lowest BCUT2D eigenvalue weighted by Crippen LogP contribution is -2.31. The Morgan fingerprint density at radius 3 is 3.16 bits per heavy atom. The summed E-state index contributed by atoms with van der Waals surface area (Å²) >= 11 is 1.73. The third kappa shape index (κ3) is 2.51. The highest BCUT2D eigenvalue weighted by Gasteiger charge is 2.23. The van der Waals surface area contributed by atoms with Gasteiger partial charge in [-0.2, -0.15) is 4.39 Å². The molecule has 1 amide bonds. The van der Waals surface area contributed by atoms with Gasteiger partial charge < -0.3 is 5.32 Å². The molecule has 0 spiro atoms. The number of carbonyl (C=O) groups is 1. The minimum atomic E-state index is -0.632. The summed E-state index contributed by atoms with van der Waals surface area (Å²) in [5.41, 5.74) is 1.32. The van der Waals surface area contributed by atoms with Crippen LogP contribution >= 0.6 is 11.3 Å². The van der Waals surface area contributed by atoms with Crippen LogP contribution in [0.1, 0.15) is 39.8 Å².